The Hall–Kier alpha value is -1.06. The Labute approximate surface area is 110 Å². The Morgan fingerprint density at radius 1 is 1.33 bits per heavy atom. The topological polar surface area (TPSA) is 38.5 Å². The molecule has 1 fully saturated rings. The van der Waals surface area contributed by atoms with Crippen molar-refractivity contribution in [2.75, 3.05) is 14.2 Å². The fourth-order valence-electron chi connectivity index (χ4n) is 2.83. The summed E-state index contributed by atoms with van der Waals surface area (Å²) in [7, 11) is 3.95. The van der Waals surface area contributed by atoms with Gasteiger partial charge in [-0.1, -0.05) is 18.9 Å². The third kappa shape index (κ3) is 3.03. The van der Waals surface area contributed by atoms with Gasteiger partial charge in [0.15, 0.2) is 0 Å². The molecule has 1 aromatic rings. The van der Waals surface area contributed by atoms with E-state index >= 15 is 0 Å². The van der Waals surface area contributed by atoms with E-state index in [0.717, 1.165) is 18.3 Å². The highest BCUT2D eigenvalue weighted by Crippen LogP contribution is 2.26. The molecule has 0 atom stereocenters. The number of methoxy groups -OCH3 is 1. The molecule has 1 aliphatic carbocycles. The van der Waals surface area contributed by atoms with Crippen LogP contribution in [-0.2, 0) is 13.1 Å². The number of ether oxygens (including phenoxy) is 1. The van der Waals surface area contributed by atoms with Crippen molar-refractivity contribution in [2.24, 2.45) is 5.73 Å². The van der Waals surface area contributed by atoms with Gasteiger partial charge in [-0.25, -0.2) is 0 Å². The normalized spacial score (nSPS) is 16.4. The van der Waals surface area contributed by atoms with Crippen molar-refractivity contribution in [3.05, 3.63) is 29.3 Å². The van der Waals surface area contributed by atoms with E-state index in [2.05, 4.69) is 18.0 Å². The first-order valence-corrected chi connectivity index (χ1v) is 6.80. The van der Waals surface area contributed by atoms with Crippen LogP contribution in [0.4, 0.5) is 0 Å². The largest absolute Gasteiger partial charge is 0.496 e. The van der Waals surface area contributed by atoms with Crippen molar-refractivity contribution >= 4 is 0 Å². The SMILES string of the molecule is COc1ccc(CN)cc1CN(C)C1CCCC1. The lowest BCUT2D eigenvalue weighted by molar-refractivity contribution is 0.234. The lowest BCUT2D eigenvalue weighted by atomic mass is 10.1. The number of nitrogens with two attached hydrogens (primary N) is 1. The van der Waals surface area contributed by atoms with E-state index in [1.807, 2.05) is 12.1 Å². The first-order chi connectivity index (χ1) is 8.74. The zero-order chi connectivity index (χ0) is 13.0. The zero-order valence-electron chi connectivity index (χ0n) is 11.5. The van der Waals surface area contributed by atoms with Crippen molar-refractivity contribution in [3.8, 4) is 5.75 Å². The first kappa shape index (κ1) is 13.4. The van der Waals surface area contributed by atoms with Crippen LogP contribution in [0, 0.1) is 0 Å². The van der Waals surface area contributed by atoms with Crippen molar-refractivity contribution in [3.63, 3.8) is 0 Å². The Morgan fingerprint density at radius 3 is 2.67 bits per heavy atom. The summed E-state index contributed by atoms with van der Waals surface area (Å²) in [5.74, 6) is 0.969. The predicted molar refractivity (Wildman–Crippen MR) is 74.6 cm³/mol. The van der Waals surface area contributed by atoms with Crippen LogP contribution in [0.1, 0.15) is 36.8 Å². The van der Waals surface area contributed by atoms with Gasteiger partial charge < -0.3 is 10.5 Å². The monoisotopic (exact) mass is 248 g/mol. The van der Waals surface area contributed by atoms with Gasteiger partial charge in [-0.05, 0) is 37.6 Å². The maximum atomic E-state index is 5.71. The second kappa shape index (κ2) is 6.21. The maximum Gasteiger partial charge on any atom is 0.123 e. The molecule has 0 aliphatic heterocycles. The number of nitrogens with zero attached hydrogens (tertiary/aromatic N) is 1. The molecule has 0 amide bonds. The molecule has 1 saturated carbocycles. The summed E-state index contributed by atoms with van der Waals surface area (Å²) in [6, 6.07) is 6.97. The second-order valence-electron chi connectivity index (χ2n) is 5.20. The van der Waals surface area contributed by atoms with Gasteiger partial charge in [0.25, 0.3) is 0 Å². The number of rotatable bonds is 5. The Balaban J connectivity index is 2.10. The molecule has 0 unspecified atom stereocenters. The van der Waals surface area contributed by atoms with Gasteiger partial charge in [0.2, 0.25) is 0 Å². The number of hydrogen-bond donors (Lipinski definition) is 1. The minimum Gasteiger partial charge on any atom is -0.496 e. The molecule has 3 nitrogen and oxygen atoms in total. The van der Waals surface area contributed by atoms with E-state index in [1.54, 1.807) is 7.11 Å². The first-order valence-electron chi connectivity index (χ1n) is 6.80. The van der Waals surface area contributed by atoms with Crippen LogP contribution in [0.2, 0.25) is 0 Å². The van der Waals surface area contributed by atoms with Crippen LogP contribution in [0.5, 0.6) is 5.75 Å². The van der Waals surface area contributed by atoms with Gasteiger partial charge in [-0.3, -0.25) is 4.90 Å². The standard InChI is InChI=1S/C15H24N2O/c1-17(14-5-3-4-6-14)11-13-9-12(10-16)7-8-15(13)18-2/h7-9,14H,3-6,10-11,16H2,1-2H3. The second-order valence-corrected chi connectivity index (χ2v) is 5.20. The Kier molecular flexibility index (Phi) is 4.61. The van der Waals surface area contributed by atoms with E-state index in [0.29, 0.717) is 6.54 Å². The number of benzene rings is 1. The lowest BCUT2D eigenvalue weighted by Crippen LogP contribution is -2.28. The van der Waals surface area contributed by atoms with Crippen molar-refractivity contribution < 1.29 is 4.74 Å². The van der Waals surface area contributed by atoms with Gasteiger partial charge >= 0.3 is 0 Å². The molecule has 2 rings (SSSR count). The predicted octanol–water partition coefficient (Wildman–Crippen LogP) is 2.53. The minimum atomic E-state index is 0.587. The molecule has 0 saturated heterocycles. The average Bonchev–Trinajstić information content (AvgIpc) is 2.92. The highest BCUT2D eigenvalue weighted by Gasteiger charge is 2.20. The quantitative estimate of drug-likeness (QED) is 0.870. The van der Waals surface area contributed by atoms with Crippen LogP contribution < -0.4 is 10.5 Å². The van der Waals surface area contributed by atoms with Crippen molar-refractivity contribution in [2.45, 2.75) is 44.8 Å². The van der Waals surface area contributed by atoms with E-state index in [9.17, 15) is 0 Å². The molecule has 0 bridgehead atoms. The third-order valence-corrected chi connectivity index (χ3v) is 3.95. The summed E-state index contributed by atoms with van der Waals surface area (Å²) in [6.07, 6.45) is 5.40. The smallest absolute Gasteiger partial charge is 0.123 e. The summed E-state index contributed by atoms with van der Waals surface area (Å²) in [5.41, 5.74) is 8.13. The fraction of sp³-hybridized carbons (Fsp3) is 0.600. The molecule has 18 heavy (non-hydrogen) atoms. The summed E-state index contributed by atoms with van der Waals surface area (Å²) in [6.45, 7) is 1.53. The van der Waals surface area contributed by atoms with Crippen LogP contribution in [0.25, 0.3) is 0 Å². The summed E-state index contributed by atoms with van der Waals surface area (Å²) >= 11 is 0. The molecule has 1 aromatic carbocycles. The number of hydrogen-bond acceptors (Lipinski definition) is 3. The van der Waals surface area contributed by atoms with E-state index < -0.39 is 0 Å². The van der Waals surface area contributed by atoms with Gasteiger partial charge in [0, 0.05) is 24.7 Å². The van der Waals surface area contributed by atoms with Crippen LogP contribution in [0.3, 0.4) is 0 Å². The zero-order valence-corrected chi connectivity index (χ0v) is 11.5. The average molecular weight is 248 g/mol. The molecule has 1 aliphatic rings. The Bertz CT molecular complexity index is 386. The highest BCUT2D eigenvalue weighted by molar-refractivity contribution is 5.37. The van der Waals surface area contributed by atoms with Gasteiger partial charge in [-0.2, -0.15) is 0 Å². The van der Waals surface area contributed by atoms with Crippen molar-refractivity contribution in [1.29, 1.82) is 0 Å². The van der Waals surface area contributed by atoms with E-state index in [4.69, 9.17) is 10.5 Å². The molecule has 0 spiro atoms. The minimum absolute atomic E-state index is 0.587. The molecule has 0 radical (unpaired) electrons. The van der Waals surface area contributed by atoms with E-state index in [1.165, 1.54) is 36.8 Å². The van der Waals surface area contributed by atoms with Gasteiger partial charge in [0.1, 0.15) is 5.75 Å². The third-order valence-electron chi connectivity index (χ3n) is 3.95. The summed E-state index contributed by atoms with van der Waals surface area (Å²) in [4.78, 5) is 2.45. The van der Waals surface area contributed by atoms with Gasteiger partial charge in [0.05, 0.1) is 7.11 Å². The molecule has 2 N–H and O–H groups in total. The highest BCUT2D eigenvalue weighted by atomic mass is 16.5. The maximum absolute atomic E-state index is 5.71. The van der Waals surface area contributed by atoms with Crippen LogP contribution in [-0.4, -0.2) is 25.1 Å². The molecular weight excluding hydrogens is 224 g/mol. The van der Waals surface area contributed by atoms with Crippen LogP contribution in [0.15, 0.2) is 18.2 Å². The Morgan fingerprint density at radius 2 is 2.06 bits per heavy atom. The molecule has 3 heteroatoms. The van der Waals surface area contributed by atoms with Gasteiger partial charge in [-0.15, -0.1) is 0 Å². The molecule has 0 aromatic heterocycles. The summed E-state index contributed by atoms with van der Waals surface area (Å²) < 4.78 is 5.44. The van der Waals surface area contributed by atoms with E-state index in [-0.39, 0.29) is 0 Å². The molecule has 100 valence electrons. The molecule has 0 heterocycles. The van der Waals surface area contributed by atoms with Crippen LogP contribution >= 0.6 is 0 Å². The van der Waals surface area contributed by atoms with Crippen molar-refractivity contribution in [1.82, 2.24) is 4.90 Å². The molecular formula is C15H24N2O. The lowest BCUT2D eigenvalue weighted by Gasteiger charge is -2.25. The summed E-state index contributed by atoms with van der Waals surface area (Å²) in [5, 5.41) is 0. The fourth-order valence-corrected chi connectivity index (χ4v) is 2.83.